The van der Waals surface area contributed by atoms with Crippen molar-refractivity contribution in [2.45, 2.75) is 0 Å². The Morgan fingerprint density at radius 1 is 1.19 bits per heavy atom. The molecule has 7 heteroatoms. The summed E-state index contributed by atoms with van der Waals surface area (Å²) >= 11 is 0. The lowest BCUT2D eigenvalue weighted by atomic mass is 10.3. The molecule has 2 rings (SSSR count). The number of aliphatic imine (C=N–C) groups is 1. The first kappa shape index (κ1) is 14.6. The quantitative estimate of drug-likeness (QED) is 0.836. The highest BCUT2D eigenvalue weighted by Crippen LogP contribution is 2.26. The average Bonchev–Trinajstić information content (AvgIpc) is 2.51. The van der Waals surface area contributed by atoms with Gasteiger partial charge in [-0.2, -0.15) is 0 Å². The minimum absolute atomic E-state index is 0.0643. The van der Waals surface area contributed by atoms with Crippen molar-refractivity contribution in [3.05, 3.63) is 50.7 Å². The molecule has 1 N–H and O–H groups in total. The Bertz CT molecular complexity index is 818. The van der Waals surface area contributed by atoms with E-state index in [1.807, 2.05) is 0 Å². The van der Waals surface area contributed by atoms with Crippen LogP contribution in [-0.4, -0.2) is 27.6 Å². The smallest absolute Gasteiger partial charge is 0.333 e. The molecule has 0 bridgehead atoms. The summed E-state index contributed by atoms with van der Waals surface area (Å²) in [6, 6.07) is 7.00. The Balaban J connectivity index is 2.57. The predicted octanol–water partition coefficient (Wildman–Crippen LogP) is 0.549. The van der Waals surface area contributed by atoms with E-state index in [-0.39, 0.29) is 5.56 Å². The van der Waals surface area contributed by atoms with Crippen LogP contribution in [0.25, 0.3) is 0 Å². The van der Waals surface area contributed by atoms with E-state index in [2.05, 4.69) is 4.99 Å². The van der Waals surface area contributed by atoms with E-state index in [1.165, 1.54) is 27.4 Å². The molecule has 0 saturated heterocycles. The van der Waals surface area contributed by atoms with Gasteiger partial charge in [0.1, 0.15) is 17.0 Å². The van der Waals surface area contributed by atoms with Crippen LogP contribution in [0.1, 0.15) is 5.56 Å². The van der Waals surface area contributed by atoms with Crippen LogP contribution in [0.15, 0.2) is 38.8 Å². The second kappa shape index (κ2) is 5.66. The Labute approximate surface area is 120 Å². The van der Waals surface area contributed by atoms with Gasteiger partial charge in [-0.05, 0) is 12.1 Å². The first-order chi connectivity index (χ1) is 9.97. The normalized spacial score (nSPS) is 11.0. The van der Waals surface area contributed by atoms with Crippen LogP contribution in [-0.2, 0) is 14.1 Å². The topological polar surface area (TPSA) is 85.8 Å². The maximum absolute atomic E-state index is 12.0. The zero-order valence-corrected chi connectivity index (χ0v) is 11.9. The third-order valence-corrected chi connectivity index (χ3v) is 3.09. The van der Waals surface area contributed by atoms with E-state index >= 15 is 0 Å². The highest BCUT2D eigenvalue weighted by Gasteiger charge is 2.13. The van der Waals surface area contributed by atoms with E-state index in [1.54, 1.807) is 24.3 Å². The van der Waals surface area contributed by atoms with E-state index < -0.39 is 17.1 Å². The number of rotatable bonds is 3. The molecule has 1 aromatic carbocycles. The minimum atomic E-state index is -0.616. The predicted molar refractivity (Wildman–Crippen MR) is 78.8 cm³/mol. The molecule has 110 valence electrons. The number of benzene rings is 1. The number of aromatic hydroxyl groups is 1. The van der Waals surface area contributed by atoms with Gasteiger partial charge < -0.3 is 9.84 Å². The lowest BCUT2D eigenvalue weighted by molar-refractivity contribution is 0.410. The summed E-state index contributed by atoms with van der Waals surface area (Å²) < 4.78 is 7.03. The van der Waals surface area contributed by atoms with E-state index in [4.69, 9.17) is 4.74 Å². The lowest BCUT2D eigenvalue weighted by Gasteiger charge is -2.07. The van der Waals surface area contributed by atoms with Crippen molar-refractivity contribution < 1.29 is 9.84 Å². The summed E-state index contributed by atoms with van der Waals surface area (Å²) in [5.74, 6) is 0.108. The number of methoxy groups -OCH3 is 1. The molecule has 0 unspecified atom stereocenters. The highest BCUT2D eigenvalue weighted by atomic mass is 16.5. The standard InChI is InChI=1S/C14H15N3O4/c1-16-12(18)9(13(19)17(2)14(16)20)8-15-10-6-4-5-7-11(10)21-3/h4-8,18H,1-3H3. The SMILES string of the molecule is COc1ccccc1N=Cc1c(O)n(C)c(=O)n(C)c1=O. The van der Waals surface area contributed by atoms with Crippen molar-refractivity contribution in [2.75, 3.05) is 7.11 Å². The molecule has 0 spiro atoms. The van der Waals surface area contributed by atoms with Crippen LogP contribution in [0.3, 0.4) is 0 Å². The van der Waals surface area contributed by atoms with Gasteiger partial charge in [0.2, 0.25) is 5.88 Å². The van der Waals surface area contributed by atoms with Gasteiger partial charge in [-0.25, -0.2) is 4.79 Å². The second-order valence-corrected chi connectivity index (χ2v) is 4.37. The van der Waals surface area contributed by atoms with E-state index in [9.17, 15) is 14.7 Å². The third-order valence-electron chi connectivity index (χ3n) is 3.09. The molecule has 2 aromatic rings. The fourth-order valence-corrected chi connectivity index (χ4v) is 1.84. The maximum atomic E-state index is 12.0. The van der Waals surface area contributed by atoms with E-state index in [0.717, 1.165) is 9.13 Å². The van der Waals surface area contributed by atoms with Crippen LogP contribution in [0.2, 0.25) is 0 Å². The molecule has 0 fully saturated rings. The molecule has 21 heavy (non-hydrogen) atoms. The van der Waals surface area contributed by atoms with Gasteiger partial charge in [-0.1, -0.05) is 12.1 Å². The summed E-state index contributed by atoms with van der Waals surface area (Å²) in [7, 11) is 4.22. The summed E-state index contributed by atoms with van der Waals surface area (Å²) in [6.07, 6.45) is 1.22. The molecule has 0 amide bonds. The maximum Gasteiger partial charge on any atom is 0.333 e. The summed E-state index contributed by atoms with van der Waals surface area (Å²) in [6.45, 7) is 0. The van der Waals surface area contributed by atoms with Crippen LogP contribution in [0.4, 0.5) is 5.69 Å². The molecule has 0 saturated carbocycles. The van der Waals surface area contributed by atoms with Crippen LogP contribution in [0.5, 0.6) is 11.6 Å². The molecule has 1 heterocycles. The van der Waals surface area contributed by atoms with Gasteiger partial charge in [-0.3, -0.25) is 18.9 Å². The molecule has 1 aromatic heterocycles. The van der Waals surface area contributed by atoms with Crippen molar-refractivity contribution in [1.82, 2.24) is 9.13 Å². The fraction of sp³-hybridized carbons (Fsp3) is 0.214. The molecule has 0 aliphatic rings. The number of para-hydroxylation sites is 2. The first-order valence-electron chi connectivity index (χ1n) is 6.13. The molecular formula is C14H15N3O4. The zero-order valence-electron chi connectivity index (χ0n) is 11.9. The Morgan fingerprint density at radius 2 is 1.86 bits per heavy atom. The van der Waals surface area contributed by atoms with Gasteiger partial charge >= 0.3 is 5.69 Å². The largest absolute Gasteiger partial charge is 0.494 e. The van der Waals surface area contributed by atoms with Gasteiger partial charge in [0.25, 0.3) is 5.56 Å². The number of nitrogens with zero attached hydrogens (tertiary/aromatic N) is 3. The van der Waals surface area contributed by atoms with Crippen molar-refractivity contribution in [3.63, 3.8) is 0 Å². The van der Waals surface area contributed by atoms with Crippen molar-refractivity contribution in [2.24, 2.45) is 19.1 Å². The summed E-state index contributed by atoms with van der Waals surface area (Å²) in [5, 5.41) is 9.92. The first-order valence-corrected chi connectivity index (χ1v) is 6.13. The second-order valence-electron chi connectivity index (χ2n) is 4.37. The van der Waals surface area contributed by atoms with Crippen molar-refractivity contribution in [3.8, 4) is 11.6 Å². The molecule has 0 radical (unpaired) electrons. The molecule has 0 atom stereocenters. The Morgan fingerprint density at radius 3 is 2.52 bits per heavy atom. The van der Waals surface area contributed by atoms with Gasteiger partial charge in [0.15, 0.2) is 0 Å². The monoisotopic (exact) mass is 289 g/mol. The van der Waals surface area contributed by atoms with Gasteiger partial charge in [0, 0.05) is 20.3 Å². The fourth-order valence-electron chi connectivity index (χ4n) is 1.84. The number of aromatic nitrogens is 2. The summed E-state index contributed by atoms with van der Waals surface area (Å²) in [4.78, 5) is 27.8. The Kier molecular flexibility index (Phi) is 3.93. The van der Waals surface area contributed by atoms with Crippen LogP contribution >= 0.6 is 0 Å². The molecule has 0 aliphatic carbocycles. The van der Waals surface area contributed by atoms with Crippen LogP contribution < -0.4 is 16.0 Å². The summed E-state index contributed by atoms with van der Waals surface area (Å²) in [5.41, 5.74) is -0.776. The average molecular weight is 289 g/mol. The Hall–Kier alpha value is -2.83. The van der Waals surface area contributed by atoms with Crippen molar-refractivity contribution >= 4 is 11.9 Å². The zero-order chi connectivity index (χ0) is 15.6. The minimum Gasteiger partial charge on any atom is -0.494 e. The molecule has 0 aliphatic heterocycles. The molecular weight excluding hydrogens is 274 g/mol. The van der Waals surface area contributed by atoms with Gasteiger partial charge in [-0.15, -0.1) is 0 Å². The third kappa shape index (κ3) is 2.58. The van der Waals surface area contributed by atoms with Crippen molar-refractivity contribution in [1.29, 1.82) is 0 Å². The van der Waals surface area contributed by atoms with Crippen LogP contribution in [0, 0.1) is 0 Å². The molecule has 7 nitrogen and oxygen atoms in total. The number of hydrogen-bond donors (Lipinski definition) is 1. The van der Waals surface area contributed by atoms with Gasteiger partial charge in [0.05, 0.1) is 7.11 Å². The number of ether oxygens (including phenoxy) is 1. The van der Waals surface area contributed by atoms with E-state index in [0.29, 0.717) is 11.4 Å². The number of hydrogen-bond acceptors (Lipinski definition) is 5. The lowest BCUT2D eigenvalue weighted by Crippen LogP contribution is -2.38. The highest BCUT2D eigenvalue weighted by molar-refractivity contribution is 5.84.